The predicted octanol–water partition coefficient (Wildman–Crippen LogP) is 5.30. The van der Waals surface area contributed by atoms with Crippen LogP contribution in [-0.4, -0.2) is 21.1 Å². The summed E-state index contributed by atoms with van der Waals surface area (Å²) in [5.74, 6) is -0.166. The minimum atomic E-state index is -0.346. The quantitative estimate of drug-likeness (QED) is 0.604. The van der Waals surface area contributed by atoms with E-state index in [1.807, 2.05) is 32.0 Å². The molecule has 0 aliphatic carbocycles. The topological polar surface area (TPSA) is 57.8 Å². The standard InChI is InChI=1S/C17H15Cl2N3OS/c1-9-3-6-13-15(7-9)22-17(21-13)24-10(2)16(23)20-14-8-11(18)4-5-12(14)19/h3-8,10H,1-2H3,(H,20,23)(H,21,22). The van der Waals surface area contributed by atoms with Crippen molar-refractivity contribution in [3.8, 4) is 0 Å². The second-order valence-corrected chi connectivity index (χ2v) is 7.61. The number of thioether (sulfide) groups is 1. The Bertz CT molecular complexity index is 910. The number of halogens is 2. The van der Waals surface area contributed by atoms with E-state index in [2.05, 4.69) is 15.3 Å². The first kappa shape index (κ1) is 17.1. The van der Waals surface area contributed by atoms with Crippen molar-refractivity contribution in [3.05, 3.63) is 52.0 Å². The van der Waals surface area contributed by atoms with E-state index in [1.54, 1.807) is 18.2 Å². The van der Waals surface area contributed by atoms with Crippen LogP contribution in [0.15, 0.2) is 41.6 Å². The number of imidazole rings is 1. The molecule has 3 aromatic rings. The second kappa shape index (κ2) is 7.05. The Kier molecular flexibility index (Phi) is 5.04. The maximum absolute atomic E-state index is 12.4. The summed E-state index contributed by atoms with van der Waals surface area (Å²) in [4.78, 5) is 20.1. The summed E-state index contributed by atoms with van der Waals surface area (Å²) in [6.45, 7) is 3.84. The third-order valence-electron chi connectivity index (χ3n) is 3.46. The van der Waals surface area contributed by atoms with Crippen LogP contribution in [0.4, 0.5) is 5.69 Å². The highest BCUT2D eigenvalue weighted by Gasteiger charge is 2.18. The number of hydrogen-bond acceptors (Lipinski definition) is 3. The smallest absolute Gasteiger partial charge is 0.237 e. The lowest BCUT2D eigenvalue weighted by molar-refractivity contribution is -0.115. The maximum atomic E-state index is 12.4. The van der Waals surface area contributed by atoms with Crippen LogP contribution in [0.5, 0.6) is 0 Å². The zero-order valence-electron chi connectivity index (χ0n) is 13.1. The first-order valence-electron chi connectivity index (χ1n) is 7.31. The Balaban J connectivity index is 1.72. The SMILES string of the molecule is Cc1ccc2nc(SC(C)C(=O)Nc3cc(Cl)ccc3Cl)[nH]c2c1. The van der Waals surface area contributed by atoms with Gasteiger partial charge in [0.2, 0.25) is 5.91 Å². The molecule has 2 aromatic carbocycles. The van der Waals surface area contributed by atoms with Crippen molar-refractivity contribution in [2.45, 2.75) is 24.3 Å². The van der Waals surface area contributed by atoms with Crippen molar-refractivity contribution in [3.63, 3.8) is 0 Å². The van der Waals surface area contributed by atoms with Gasteiger partial charge in [-0.2, -0.15) is 0 Å². The van der Waals surface area contributed by atoms with Crippen LogP contribution < -0.4 is 5.32 Å². The number of rotatable bonds is 4. The number of aromatic nitrogens is 2. The molecule has 0 saturated carbocycles. The fourth-order valence-corrected chi connectivity index (χ4v) is 3.36. The van der Waals surface area contributed by atoms with Crippen molar-refractivity contribution in [2.24, 2.45) is 0 Å². The number of aryl methyl sites for hydroxylation is 1. The molecule has 0 aliphatic rings. The van der Waals surface area contributed by atoms with E-state index in [0.29, 0.717) is 20.9 Å². The highest BCUT2D eigenvalue weighted by Crippen LogP contribution is 2.28. The number of carbonyl (C=O) groups excluding carboxylic acids is 1. The summed E-state index contributed by atoms with van der Waals surface area (Å²) >= 11 is 13.4. The van der Waals surface area contributed by atoms with Crippen molar-refractivity contribution >= 4 is 57.6 Å². The first-order valence-corrected chi connectivity index (χ1v) is 8.95. The van der Waals surface area contributed by atoms with Crippen LogP contribution in [0.3, 0.4) is 0 Å². The zero-order valence-corrected chi connectivity index (χ0v) is 15.4. The Hall–Kier alpha value is -1.69. The molecule has 124 valence electrons. The van der Waals surface area contributed by atoms with Gasteiger partial charge in [-0.05, 0) is 49.7 Å². The van der Waals surface area contributed by atoms with Gasteiger partial charge in [-0.3, -0.25) is 4.79 Å². The molecule has 1 amide bonds. The summed E-state index contributed by atoms with van der Waals surface area (Å²) in [5, 5.41) is 4.12. The van der Waals surface area contributed by atoms with E-state index < -0.39 is 0 Å². The van der Waals surface area contributed by atoms with Gasteiger partial charge in [0.05, 0.1) is 27.0 Å². The minimum Gasteiger partial charge on any atom is -0.333 e. The van der Waals surface area contributed by atoms with Crippen LogP contribution in [0, 0.1) is 6.92 Å². The summed E-state index contributed by atoms with van der Waals surface area (Å²) in [5.41, 5.74) is 3.50. The monoisotopic (exact) mass is 379 g/mol. The first-order chi connectivity index (χ1) is 11.4. The van der Waals surface area contributed by atoms with Gasteiger partial charge in [-0.15, -0.1) is 0 Å². The molecule has 0 spiro atoms. The average molecular weight is 380 g/mol. The highest BCUT2D eigenvalue weighted by atomic mass is 35.5. The highest BCUT2D eigenvalue weighted by molar-refractivity contribution is 8.00. The Labute approximate surface area is 153 Å². The summed E-state index contributed by atoms with van der Waals surface area (Å²) in [6.07, 6.45) is 0. The number of nitrogens with one attached hydrogen (secondary N) is 2. The number of benzene rings is 2. The molecule has 0 radical (unpaired) electrons. The normalized spacial score (nSPS) is 12.3. The van der Waals surface area contributed by atoms with Gasteiger partial charge in [0.15, 0.2) is 5.16 Å². The summed E-state index contributed by atoms with van der Waals surface area (Å²) in [6, 6.07) is 11.0. The van der Waals surface area contributed by atoms with E-state index in [4.69, 9.17) is 23.2 Å². The number of anilines is 1. The third-order valence-corrected chi connectivity index (χ3v) is 5.01. The second-order valence-electron chi connectivity index (χ2n) is 5.44. The molecule has 2 N–H and O–H groups in total. The molecule has 0 aliphatic heterocycles. The molecule has 0 saturated heterocycles. The van der Waals surface area contributed by atoms with Crippen molar-refractivity contribution < 1.29 is 4.79 Å². The molecule has 7 heteroatoms. The van der Waals surface area contributed by atoms with Crippen LogP contribution in [0.25, 0.3) is 11.0 Å². The van der Waals surface area contributed by atoms with Gasteiger partial charge >= 0.3 is 0 Å². The largest absolute Gasteiger partial charge is 0.333 e. The molecule has 0 fully saturated rings. The van der Waals surface area contributed by atoms with Gasteiger partial charge in [-0.25, -0.2) is 4.98 Å². The van der Waals surface area contributed by atoms with Crippen molar-refractivity contribution in [1.82, 2.24) is 9.97 Å². The number of carbonyl (C=O) groups is 1. The number of hydrogen-bond donors (Lipinski definition) is 2. The van der Waals surface area contributed by atoms with Crippen LogP contribution in [0.1, 0.15) is 12.5 Å². The fourth-order valence-electron chi connectivity index (χ4n) is 2.20. The van der Waals surface area contributed by atoms with Gasteiger partial charge in [0.1, 0.15) is 0 Å². The third kappa shape index (κ3) is 3.86. The van der Waals surface area contributed by atoms with Crippen LogP contribution >= 0.6 is 35.0 Å². The minimum absolute atomic E-state index is 0.166. The molecular formula is C17H15Cl2N3OS. The van der Waals surface area contributed by atoms with Crippen molar-refractivity contribution in [2.75, 3.05) is 5.32 Å². The molecule has 1 heterocycles. The van der Waals surface area contributed by atoms with Gasteiger partial charge in [0.25, 0.3) is 0 Å². The molecule has 1 unspecified atom stereocenters. The van der Waals surface area contributed by atoms with Gasteiger partial charge in [0, 0.05) is 5.02 Å². The van der Waals surface area contributed by atoms with E-state index in [-0.39, 0.29) is 11.2 Å². The molecule has 1 atom stereocenters. The van der Waals surface area contributed by atoms with Crippen molar-refractivity contribution in [1.29, 1.82) is 0 Å². The van der Waals surface area contributed by atoms with Gasteiger partial charge < -0.3 is 10.3 Å². The number of aromatic amines is 1. The average Bonchev–Trinajstić information content (AvgIpc) is 2.92. The fraction of sp³-hybridized carbons (Fsp3) is 0.176. The lowest BCUT2D eigenvalue weighted by Gasteiger charge is -2.12. The van der Waals surface area contributed by atoms with Crippen LogP contribution in [0.2, 0.25) is 10.0 Å². The summed E-state index contributed by atoms with van der Waals surface area (Å²) in [7, 11) is 0. The van der Waals surface area contributed by atoms with Crippen LogP contribution in [-0.2, 0) is 4.79 Å². The Morgan fingerprint density at radius 2 is 2.04 bits per heavy atom. The number of amides is 1. The molecule has 24 heavy (non-hydrogen) atoms. The summed E-state index contributed by atoms with van der Waals surface area (Å²) < 4.78 is 0. The van der Waals surface area contributed by atoms with E-state index in [9.17, 15) is 4.79 Å². The number of fused-ring (bicyclic) bond motifs is 1. The zero-order chi connectivity index (χ0) is 17.3. The predicted molar refractivity (Wildman–Crippen MR) is 101 cm³/mol. The number of nitrogens with zero attached hydrogens (tertiary/aromatic N) is 1. The molecular weight excluding hydrogens is 365 g/mol. The number of H-pyrrole nitrogens is 1. The van der Waals surface area contributed by atoms with Gasteiger partial charge in [-0.1, -0.05) is 41.0 Å². The van der Waals surface area contributed by atoms with E-state index in [1.165, 1.54) is 11.8 Å². The molecule has 0 bridgehead atoms. The Morgan fingerprint density at radius 1 is 1.25 bits per heavy atom. The lowest BCUT2D eigenvalue weighted by Crippen LogP contribution is -2.22. The van der Waals surface area contributed by atoms with E-state index in [0.717, 1.165) is 16.6 Å². The molecule has 3 rings (SSSR count). The molecule has 1 aromatic heterocycles. The molecule has 4 nitrogen and oxygen atoms in total. The lowest BCUT2D eigenvalue weighted by atomic mass is 10.2. The maximum Gasteiger partial charge on any atom is 0.237 e. The van der Waals surface area contributed by atoms with E-state index >= 15 is 0 Å². The Morgan fingerprint density at radius 3 is 2.83 bits per heavy atom.